The fourth-order valence-corrected chi connectivity index (χ4v) is 2.96. The van der Waals surface area contributed by atoms with Gasteiger partial charge in [0.2, 0.25) is 11.9 Å². The van der Waals surface area contributed by atoms with Gasteiger partial charge >= 0.3 is 5.97 Å². The van der Waals surface area contributed by atoms with Crippen molar-refractivity contribution in [2.45, 2.75) is 6.61 Å². The number of nitrogens with zero attached hydrogens (tertiary/aromatic N) is 3. The lowest BCUT2D eigenvalue weighted by Gasteiger charge is -2.11. The highest BCUT2D eigenvalue weighted by Gasteiger charge is 2.16. The second-order valence-corrected chi connectivity index (χ2v) is 6.40. The van der Waals surface area contributed by atoms with Crippen LogP contribution in [0.25, 0.3) is 10.8 Å². The minimum atomic E-state index is -0.547. The molecule has 1 aromatic heterocycles. The highest BCUT2D eigenvalue weighted by atomic mass is 16.5. The standard InChI is InChI=1S/C22H19N5O3/c1-29-18-12-15-8-6-5-7-14(15)11-17(18)20(28)30-13-19-25-21(23)27-22(26-19)24-16-9-3-2-4-10-16/h2-12H,13H2,1H3,(H3,23,24,25,26,27). The van der Waals surface area contributed by atoms with E-state index in [-0.39, 0.29) is 24.3 Å². The molecule has 0 aliphatic carbocycles. The smallest absolute Gasteiger partial charge is 0.342 e. The van der Waals surface area contributed by atoms with Crippen LogP contribution in [0.2, 0.25) is 0 Å². The van der Waals surface area contributed by atoms with Crippen LogP contribution < -0.4 is 15.8 Å². The van der Waals surface area contributed by atoms with Crippen molar-refractivity contribution in [1.29, 1.82) is 0 Å². The number of anilines is 3. The summed E-state index contributed by atoms with van der Waals surface area (Å²) in [4.78, 5) is 25.0. The second-order valence-electron chi connectivity index (χ2n) is 6.40. The Hall–Kier alpha value is -4.20. The van der Waals surface area contributed by atoms with Crippen LogP contribution in [0.1, 0.15) is 16.2 Å². The van der Waals surface area contributed by atoms with Gasteiger partial charge in [-0.2, -0.15) is 15.0 Å². The molecule has 0 radical (unpaired) electrons. The van der Waals surface area contributed by atoms with Crippen LogP contribution in [0.3, 0.4) is 0 Å². The van der Waals surface area contributed by atoms with Crippen LogP contribution in [0.5, 0.6) is 5.75 Å². The summed E-state index contributed by atoms with van der Waals surface area (Å²) in [5.74, 6) is 0.407. The van der Waals surface area contributed by atoms with Crippen LogP contribution >= 0.6 is 0 Å². The molecule has 3 N–H and O–H groups in total. The Balaban J connectivity index is 1.52. The highest BCUT2D eigenvalue weighted by Crippen LogP contribution is 2.26. The first kappa shape index (κ1) is 19.1. The van der Waals surface area contributed by atoms with E-state index >= 15 is 0 Å². The average Bonchev–Trinajstić information content (AvgIpc) is 2.77. The highest BCUT2D eigenvalue weighted by molar-refractivity contribution is 5.98. The first-order valence-electron chi connectivity index (χ1n) is 9.19. The number of fused-ring (bicyclic) bond motifs is 1. The van der Waals surface area contributed by atoms with E-state index in [1.807, 2.05) is 54.6 Å². The van der Waals surface area contributed by atoms with Crippen molar-refractivity contribution < 1.29 is 14.3 Å². The van der Waals surface area contributed by atoms with Gasteiger partial charge in [-0.3, -0.25) is 0 Å². The number of hydrogen-bond donors (Lipinski definition) is 2. The van der Waals surface area contributed by atoms with E-state index in [1.165, 1.54) is 7.11 Å². The van der Waals surface area contributed by atoms with Gasteiger partial charge in [0.25, 0.3) is 0 Å². The van der Waals surface area contributed by atoms with Gasteiger partial charge in [0.1, 0.15) is 11.3 Å². The summed E-state index contributed by atoms with van der Waals surface area (Å²) < 4.78 is 10.8. The van der Waals surface area contributed by atoms with Gasteiger partial charge in [-0.05, 0) is 35.0 Å². The molecule has 4 aromatic rings. The number of aromatic nitrogens is 3. The molecule has 3 aromatic carbocycles. The Morgan fingerprint density at radius 1 is 0.967 bits per heavy atom. The van der Waals surface area contributed by atoms with Gasteiger partial charge in [-0.15, -0.1) is 0 Å². The molecule has 0 bridgehead atoms. The molecule has 0 amide bonds. The first-order valence-corrected chi connectivity index (χ1v) is 9.19. The predicted molar refractivity (Wildman–Crippen MR) is 114 cm³/mol. The minimum Gasteiger partial charge on any atom is -0.496 e. The fourth-order valence-electron chi connectivity index (χ4n) is 2.96. The molecule has 150 valence electrons. The van der Waals surface area contributed by atoms with Gasteiger partial charge in [-0.25, -0.2) is 4.79 Å². The summed E-state index contributed by atoms with van der Waals surface area (Å²) >= 11 is 0. The zero-order chi connectivity index (χ0) is 20.9. The largest absolute Gasteiger partial charge is 0.496 e. The number of hydrogen-bond acceptors (Lipinski definition) is 8. The molecule has 0 unspecified atom stereocenters. The maximum absolute atomic E-state index is 12.7. The van der Waals surface area contributed by atoms with Crippen LogP contribution in [0.15, 0.2) is 66.7 Å². The Labute approximate surface area is 172 Å². The molecule has 0 aliphatic heterocycles. The Morgan fingerprint density at radius 2 is 1.67 bits per heavy atom. The lowest BCUT2D eigenvalue weighted by Crippen LogP contribution is -2.12. The number of para-hydroxylation sites is 1. The number of nitrogens with two attached hydrogens (primary N) is 1. The molecule has 30 heavy (non-hydrogen) atoms. The van der Waals surface area contributed by atoms with E-state index in [0.717, 1.165) is 16.5 Å². The van der Waals surface area contributed by atoms with Crippen molar-refractivity contribution in [2.75, 3.05) is 18.2 Å². The van der Waals surface area contributed by atoms with E-state index < -0.39 is 5.97 Å². The SMILES string of the molecule is COc1cc2ccccc2cc1C(=O)OCc1nc(N)nc(Nc2ccccc2)n1. The molecular formula is C22H19N5O3. The van der Waals surface area contributed by atoms with E-state index in [2.05, 4.69) is 20.3 Å². The topological polar surface area (TPSA) is 112 Å². The van der Waals surface area contributed by atoms with Crippen molar-refractivity contribution in [3.63, 3.8) is 0 Å². The normalized spacial score (nSPS) is 10.6. The number of ether oxygens (including phenoxy) is 2. The first-order chi connectivity index (χ1) is 14.6. The van der Waals surface area contributed by atoms with Crippen molar-refractivity contribution in [1.82, 2.24) is 15.0 Å². The molecule has 0 saturated carbocycles. The number of benzene rings is 3. The number of nitrogens with one attached hydrogen (secondary N) is 1. The molecular weight excluding hydrogens is 382 g/mol. The number of rotatable bonds is 6. The molecule has 0 fully saturated rings. The third-order valence-corrected chi connectivity index (χ3v) is 4.35. The van der Waals surface area contributed by atoms with Gasteiger partial charge in [-0.1, -0.05) is 42.5 Å². The molecule has 1 heterocycles. The predicted octanol–water partition coefficient (Wildman–Crippen LogP) is 3.72. The second kappa shape index (κ2) is 8.44. The third-order valence-electron chi connectivity index (χ3n) is 4.35. The number of esters is 1. The van der Waals surface area contributed by atoms with Gasteiger partial charge in [0.05, 0.1) is 7.11 Å². The molecule has 0 saturated heterocycles. The molecule has 8 heteroatoms. The summed E-state index contributed by atoms with van der Waals surface area (Å²) in [6.07, 6.45) is 0. The number of carbonyl (C=O) groups is 1. The van der Waals surface area contributed by atoms with Gasteiger partial charge in [0.15, 0.2) is 12.4 Å². The molecule has 0 spiro atoms. The number of carbonyl (C=O) groups excluding carboxylic acids is 1. The number of methoxy groups -OCH3 is 1. The Kier molecular flexibility index (Phi) is 5.38. The molecule has 0 aliphatic rings. The minimum absolute atomic E-state index is 0.0257. The Morgan fingerprint density at radius 3 is 2.40 bits per heavy atom. The summed E-state index contributed by atoms with van der Waals surface area (Å²) in [7, 11) is 1.51. The summed E-state index contributed by atoms with van der Waals surface area (Å²) in [6.45, 7) is -0.162. The summed E-state index contributed by atoms with van der Waals surface area (Å²) in [5, 5.41) is 4.91. The monoisotopic (exact) mass is 401 g/mol. The summed E-state index contributed by atoms with van der Waals surface area (Å²) in [5.41, 5.74) is 6.89. The fraction of sp³-hybridized carbons (Fsp3) is 0.0909. The van der Waals surface area contributed by atoms with Crippen molar-refractivity contribution in [3.05, 3.63) is 78.1 Å². The van der Waals surface area contributed by atoms with E-state index in [1.54, 1.807) is 12.1 Å². The van der Waals surface area contributed by atoms with Gasteiger partial charge < -0.3 is 20.5 Å². The summed E-state index contributed by atoms with van der Waals surface area (Å²) in [6, 6.07) is 20.6. The quantitative estimate of drug-likeness (QED) is 0.470. The van der Waals surface area contributed by atoms with Crippen LogP contribution in [0, 0.1) is 0 Å². The maximum Gasteiger partial charge on any atom is 0.342 e. The maximum atomic E-state index is 12.7. The zero-order valence-electron chi connectivity index (χ0n) is 16.2. The van der Waals surface area contributed by atoms with E-state index in [9.17, 15) is 4.79 Å². The van der Waals surface area contributed by atoms with E-state index in [4.69, 9.17) is 15.2 Å². The third kappa shape index (κ3) is 4.27. The number of nitrogen functional groups attached to an aromatic ring is 1. The molecule has 0 atom stereocenters. The van der Waals surface area contributed by atoms with Crippen molar-refractivity contribution in [3.8, 4) is 5.75 Å². The van der Waals surface area contributed by atoms with Crippen LogP contribution in [0.4, 0.5) is 17.6 Å². The molecule has 8 nitrogen and oxygen atoms in total. The average molecular weight is 401 g/mol. The zero-order valence-corrected chi connectivity index (χ0v) is 16.2. The van der Waals surface area contributed by atoms with Crippen LogP contribution in [-0.2, 0) is 11.3 Å². The Bertz CT molecular complexity index is 1200. The lowest BCUT2D eigenvalue weighted by atomic mass is 10.1. The van der Waals surface area contributed by atoms with Crippen molar-refractivity contribution in [2.24, 2.45) is 0 Å². The van der Waals surface area contributed by atoms with Crippen molar-refractivity contribution >= 4 is 34.3 Å². The molecule has 4 rings (SSSR count). The van der Waals surface area contributed by atoms with E-state index in [0.29, 0.717) is 11.3 Å². The van der Waals surface area contributed by atoms with Crippen LogP contribution in [-0.4, -0.2) is 28.0 Å². The van der Waals surface area contributed by atoms with Gasteiger partial charge in [0, 0.05) is 5.69 Å². The lowest BCUT2D eigenvalue weighted by molar-refractivity contribution is 0.0459.